The largest absolute Gasteiger partial charge is 0.301 e. The first-order chi connectivity index (χ1) is 8.97. The van der Waals surface area contributed by atoms with E-state index in [1.165, 1.54) is 21.9 Å². The van der Waals surface area contributed by atoms with Gasteiger partial charge in [-0.1, -0.05) is 0 Å². The minimum absolute atomic E-state index is 0.00737. The number of piperidine rings is 1. The number of carbonyl (C=O) groups excluding carboxylic acids is 1. The Balaban J connectivity index is 1.84. The lowest BCUT2D eigenvalue weighted by molar-refractivity contribution is -0.120. The van der Waals surface area contributed by atoms with Gasteiger partial charge in [-0.05, 0) is 25.2 Å². The van der Waals surface area contributed by atoms with Gasteiger partial charge in [0.15, 0.2) is 5.13 Å². The molecule has 1 aromatic rings. The molecule has 2 heterocycles. The number of thiazole rings is 1. The highest BCUT2D eigenvalue weighted by molar-refractivity contribution is 7.88. The van der Waals surface area contributed by atoms with Crippen LogP contribution >= 0.6 is 11.3 Å². The Bertz CT molecular complexity index is 584. The zero-order chi connectivity index (χ0) is 13.6. The van der Waals surface area contributed by atoms with Crippen molar-refractivity contribution in [3.05, 3.63) is 11.6 Å². The van der Waals surface area contributed by atoms with E-state index >= 15 is 0 Å². The molecule has 8 heteroatoms. The van der Waals surface area contributed by atoms with E-state index in [0.717, 1.165) is 19.3 Å². The molecule has 1 saturated carbocycles. The predicted octanol–water partition coefficient (Wildman–Crippen LogP) is 0.894. The van der Waals surface area contributed by atoms with Crippen LogP contribution in [0.25, 0.3) is 0 Å². The Morgan fingerprint density at radius 3 is 2.95 bits per heavy atom. The number of hydrogen-bond donors (Lipinski definition) is 1. The number of rotatable bonds is 3. The summed E-state index contributed by atoms with van der Waals surface area (Å²) >= 11 is 1.33. The standard InChI is InChI=1S/C11H15N3O3S2/c1-19(16,17)14-8-3-2-7(6-8)9(14)10(15)13-11-12-4-5-18-11/h4-5,7-9H,2-3,6H2,1H3,(H,12,13,15)/t7-,8-,9-/m0/s1. The zero-order valence-electron chi connectivity index (χ0n) is 10.4. The molecule has 1 aliphatic heterocycles. The average Bonchev–Trinajstić information content (AvgIpc) is 3.02. The summed E-state index contributed by atoms with van der Waals surface area (Å²) in [5.41, 5.74) is 0. The van der Waals surface area contributed by atoms with Crippen LogP contribution in [0.3, 0.4) is 0 Å². The molecule has 2 aliphatic rings. The van der Waals surface area contributed by atoms with E-state index in [1.807, 2.05) is 0 Å². The van der Waals surface area contributed by atoms with Gasteiger partial charge in [0, 0.05) is 17.6 Å². The summed E-state index contributed by atoms with van der Waals surface area (Å²) in [6.45, 7) is 0. The van der Waals surface area contributed by atoms with Crippen LogP contribution in [0.4, 0.5) is 5.13 Å². The van der Waals surface area contributed by atoms with Crippen molar-refractivity contribution in [2.75, 3.05) is 11.6 Å². The fraction of sp³-hybridized carbons (Fsp3) is 0.636. The fourth-order valence-corrected chi connectivity index (χ4v) is 5.16. The highest BCUT2D eigenvalue weighted by Gasteiger charge is 2.53. The molecule has 1 N–H and O–H groups in total. The Morgan fingerprint density at radius 2 is 2.32 bits per heavy atom. The van der Waals surface area contributed by atoms with E-state index in [2.05, 4.69) is 10.3 Å². The molecule has 2 fully saturated rings. The lowest BCUT2D eigenvalue weighted by Gasteiger charge is -2.31. The summed E-state index contributed by atoms with van der Waals surface area (Å²) in [4.78, 5) is 16.3. The fourth-order valence-electron chi connectivity index (χ4n) is 3.22. The van der Waals surface area contributed by atoms with Crippen LogP contribution in [0.2, 0.25) is 0 Å². The number of hydrogen-bond acceptors (Lipinski definition) is 5. The molecular weight excluding hydrogens is 286 g/mol. The molecule has 3 atom stereocenters. The number of nitrogens with zero attached hydrogens (tertiary/aromatic N) is 2. The first-order valence-corrected chi connectivity index (χ1v) is 8.88. The molecule has 0 unspecified atom stereocenters. The van der Waals surface area contributed by atoms with Gasteiger partial charge in [-0.15, -0.1) is 11.3 Å². The predicted molar refractivity (Wildman–Crippen MR) is 72.3 cm³/mol. The molecule has 1 saturated heterocycles. The van der Waals surface area contributed by atoms with Crippen LogP contribution in [0.1, 0.15) is 19.3 Å². The first kappa shape index (κ1) is 13.0. The lowest BCUT2D eigenvalue weighted by Crippen LogP contribution is -2.50. The maximum Gasteiger partial charge on any atom is 0.244 e. The molecule has 104 valence electrons. The monoisotopic (exact) mass is 301 g/mol. The van der Waals surface area contributed by atoms with Crippen molar-refractivity contribution in [3.63, 3.8) is 0 Å². The summed E-state index contributed by atoms with van der Waals surface area (Å²) in [5, 5.41) is 5.00. The third kappa shape index (κ3) is 2.28. The Hall–Kier alpha value is -0.990. The second kappa shape index (κ2) is 4.53. The SMILES string of the molecule is CS(=O)(=O)N1[C@H]2CC[C@@H](C2)[C@H]1C(=O)Nc1nccs1. The molecule has 1 aromatic heterocycles. The summed E-state index contributed by atoms with van der Waals surface area (Å²) < 4.78 is 25.1. The number of anilines is 1. The van der Waals surface area contributed by atoms with Crippen molar-refractivity contribution >= 4 is 32.4 Å². The molecule has 3 rings (SSSR count). The van der Waals surface area contributed by atoms with Gasteiger partial charge in [0.05, 0.1) is 6.26 Å². The van der Waals surface area contributed by atoms with E-state index in [-0.39, 0.29) is 17.9 Å². The third-order valence-electron chi connectivity index (χ3n) is 3.84. The van der Waals surface area contributed by atoms with Crippen LogP contribution in [0.15, 0.2) is 11.6 Å². The minimum atomic E-state index is -3.35. The van der Waals surface area contributed by atoms with E-state index < -0.39 is 16.1 Å². The van der Waals surface area contributed by atoms with Crippen molar-refractivity contribution < 1.29 is 13.2 Å². The molecule has 6 nitrogen and oxygen atoms in total. The van der Waals surface area contributed by atoms with Crippen molar-refractivity contribution in [1.82, 2.24) is 9.29 Å². The maximum atomic E-state index is 12.3. The zero-order valence-corrected chi connectivity index (χ0v) is 12.1. The van der Waals surface area contributed by atoms with E-state index in [1.54, 1.807) is 11.6 Å². The van der Waals surface area contributed by atoms with Gasteiger partial charge in [-0.2, -0.15) is 4.31 Å². The summed E-state index contributed by atoms with van der Waals surface area (Å²) in [6.07, 6.45) is 5.36. The molecule has 0 aromatic carbocycles. The normalized spacial score (nSPS) is 30.7. The number of amides is 1. The molecule has 1 amide bonds. The van der Waals surface area contributed by atoms with Crippen LogP contribution in [0, 0.1) is 5.92 Å². The van der Waals surface area contributed by atoms with Crippen LogP contribution in [-0.4, -0.2) is 42.0 Å². The van der Waals surface area contributed by atoms with Crippen molar-refractivity contribution in [2.45, 2.75) is 31.3 Å². The summed E-state index contributed by atoms with van der Waals surface area (Å²) in [7, 11) is -3.35. The molecule has 0 radical (unpaired) electrons. The number of carbonyl (C=O) groups is 1. The quantitative estimate of drug-likeness (QED) is 0.899. The highest BCUT2D eigenvalue weighted by Crippen LogP contribution is 2.44. The van der Waals surface area contributed by atoms with Crippen molar-refractivity contribution in [3.8, 4) is 0 Å². The average molecular weight is 301 g/mol. The van der Waals surface area contributed by atoms with Gasteiger partial charge < -0.3 is 5.32 Å². The molecule has 1 aliphatic carbocycles. The second-order valence-corrected chi connectivity index (χ2v) is 7.87. The van der Waals surface area contributed by atoms with Crippen LogP contribution in [0.5, 0.6) is 0 Å². The Labute approximate surface area is 115 Å². The lowest BCUT2D eigenvalue weighted by atomic mass is 9.99. The number of nitrogens with one attached hydrogen (secondary N) is 1. The molecular formula is C11H15N3O3S2. The van der Waals surface area contributed by atoms with Gasteiger partial charge in [0.1, 0.15) is 6.04 Å². The second-order valence-electron chi connectivity index (χ2n) is 5.09. The Kier molecular flexibility index (Phi) is 3.11. The topological polar surface area (TPSA) is 79.4 Å². The van der Waals surface area contributed by atoms with Crippen LogP contribution < -0.4 is 5.32 Å². The van der Waals surface area contributed by atoms with Gasteiger partial charge in [-0.3, -0.25) is 4.79 Å². The van der Waals surface area contributed by atoms with Gasteiger partial charge >= 0.3 is 0 Å². The number of fused-ring (bicyclic) bond motifs is 2. The van der Waals surface area contributed by atoms with Gasteiger partial charge in [0.25, 0.3) is 0 Å². The molecule has 0 spiro atoms. The van der Waals surface area contributed by atoms with E-state index in [4.69, 9.17) is 0 Å². The molecule has 2 bridgehead atoms. The summed E-state index contributed by atoms with van der Waals surface area (Å²) in [5.74, 6) is -0.118. The van der Waals surface area contributed by atoms with E-state index in [9.17, 15) is 13.2 Å². The van der Waals surface area contributed by atoms with Crippen molar-refractivity contribution in [1.29, 1.82) is 0 Å². The Morgan fingerprint density at radius 1 is 1.53 bits per heavy atom. The van der Waals surface area contributed by atoms with Gasteiger partial charge in [-0.25, -0.2) is 13.4 Å². The maximum absolute atomic E-state index is 12.3. The smallest absolute Gasteiger partial charge is 0.244 e. The van der Waals surface area contributed by atoms with E-state index in [0.29, 0.717) is 5.13 Å². The highest BCUT2D eigenvalue weighted by atomic mass is 32.2. The first-order valence-electron chi connectivity index (χ1n) is 6.15. The third-order valence-corrected chi connectivity index (χ3v) is 5.82. The number of aromatic nitrogens is 1. The number of sulfonamides is 1. The summed E-state index contributed by atoms with van der Waals surface area (Å²) in [6, 6.07) is -0.579. The van der Waals surface area contributed by atoms with Crippen LogP contribution in [-0.2, 0) is 14.8 Å². The molecule has 19 heavy (non-hydrogen) atoms. The minimum Gasteiger partial charge on any atom is -0.301 e. The van der Waals surface area contributed by atoms with Gasteiger partial charge in [0.2, 0.25) is 15.9 Å². The van der Waals surface area contributed by atoms with Crippen molar-refractivity contribution in [2.24, 2.45) is 5.92 Å².